The van der Waals surface area contributed by atoms with Gasteiger partial charge in [-0.2, -0.15) is 0 Å². The molecule has 164 valence electrons. The summed E-state index contributed by atoms with van der Waals surface area (Å²) in [6.07, 6.45) is 16.2. The Labute approximate surface area is 183 Å². The van der Waals surface area contributed by atoms with Gasteiger partial charge in [-0.3, -0.25) is 0 Å². The lowest BCUT2D eigenvalue weighted by Gasteiger charge is -2.28. The SMILES string of the molecule is CCCCC[C@H]1CC[C@H](CCc2ccc(-c3ccc(OCCCC)nn3)cc2)CC1. The van der Waals surface area contributed by atoms with Gasteiger partial charge in [0.15, 0.2) is 0 Å². The van der Waals surface area contributed by atoms with E-state index in [1.54, 1.807) is 0 Å². The fraction of sp³-hybridized carbons (Fsp3) is 0.630. The van der Waals surface area contributed by atoms with Crippen LogP contribution in [0.15, 0.2) is 36.4 Å². The number of unbranched alkanes of at least 4 members (excludes halogenated alkanes) is 3. The second kappa shape index (κ2) is 12.7. The molecule has 0 amide bonds. The summed E-state index contributed by atoms with van der Waals surface area (Å²) in [6.45, 7) is 5.17. The standard InChI is InChI=1S/C27H40N2O/c1-3-5-7-8-22-9-11-23(12-10-22)13-14-24-15-17-25(18-16-24)26-19-20-27(29-28-26)30-21-6-4-2/h15-20,22-23H,3-14,21H2,1-2H3/t22-,23-. The maximum atomic E-state index is 5.60. The molecule has 1 saturated carbocycles. The molecule has 1 aromatic heterocycles. The molecule has 0 spiro atoms. The van der Waals surface area contributed by atoms with E-state index in [2.05, 4.69) is 48.3 Å². The zero-order chi connectivity index (χ0) is 21.0. The number of hydrogen-bond donors (Lipinski definition) is 0. The highest BCUT2D eigenvalue weighted by Crippen LogP contribution is 2.34. The van der Waals surface area contributed by atoms with Crippen molar-refractivity contribution >= 4 is 0 Å². The summed E-state index contributed by atoms with van der Waals surface area (Å²) in [5.74, 6) is 2.55. The average Bonchev–Trinajstić information content (AvgIpc) is 2.80. The van der Waals surface area contributed by atoms with Gasteiger partial charge >= 0.3 is 0 Å². The first-order valence-corrected chi connectivity index (χ1v) is 12.3. The van der Waals surface area contributed by atoms with E-state index in [1.165, 1.54) is 69.8 Å². The Morgan fingerprint density at radius 1 is 0.767 bits per heavy atom. The first kappa shape index (κ1) is 22.8. The van der Waals surface area contributed by atoms with E-state index in [0.717, 1.165) is 35.9 Å². The number of aromatic nitrogens is 2. The Bertz CT molecular complexity index is 703. The van der Waals surface area contributed by atoms with Crippen LogP contribution >= 0.6 is 0 Å². The third-order valence-electron chi connectivity index (χ3n) is 6.66. The molecule has 0 bridgehead atoms. The molecular formula is C27H40N2O. The van der Waals surface area contributed by atoms with Crippen LogP contribution in [0.4, 0.5) is 0 Å². The number of aryl methyl sites for hydroxylation is 1. The van der Waals surface area contributed by atoms with Crippen LogP contribution in [-0.2, 0) is 6.42 Å². The van der Waals surface area contributed by atoms with Crippen molar-refractivity contribution in [2.24, 2.45) is 11.8 Å². The fourth-order valence-corrected chi connectivity index (χ4v) is 4.58. The first-order valence-electron chi connectivity index (χ1n) is 12.3. The van der Waals surface area contributed by atoms with Gasteiger partial charge in [0.2, 0.25) is 5.88 Å². The van der Waals surface area contributed by atoms with Crippen LogP contribution in [0.1, 0.15) is 90.0 Å². The number of ether oxygens (including phenoxy) is 1. The lowest BCUT2D eigenvalue weighted by atomic mass is 9.78. The average molecular weight is 409 g/mol. The van der Waals surface area contributed by atoms with Crippen LogP contribution in [0.5, 0.6) is 5.88 Å². The van der Waals surface area contributed by atoms with Crippen molar-refractivity contribution in [3.05, 3.63) is 42.0 Å². The Morgan fingerprint density at radius 2 is 1.47 bits per heavy atom. The van der Waals surface area contributed by atoms with E-state index >= 15 is 0 Å². The minimum atomic E-state index is 0.615. The monoisotopic (exact) mass is 408 g/mol. The second-order valence-corrected chi connectivity index (χ2v) is 9.08. The van der Waals surface area contributed by atoms with Crippen molar-refractivity contribution in [3.8, 4) is 17.1 Å². The predicted octanol–water partition coefficient (Wildman–Crippen LogP) is 7.64. The summed E-state index contributed by atoms with van der Waals surface area (Å²) < 4.78 is 5.60. The van der Waals surface area contributed by atoms with Crippen LogP contribution in [0, 0.1) is 11.8 Å². The molecule has 1 aliphatic carbocycles. The second-order valence-electron chi connectivity index (χ2n) is 9.08. The van der Waals surface area contributed by atoms with Gasteiger partial charge in [0.05, 0.1) is 12.3 Å². The van der Waals surface area contributed by atoms with Gasteiger partial charge in [0.1, 0.15) is 0 Å². The first-order chi connectivity index (χ1) is 14.8. The smallest absolute Gasteiger partial charge is 0.233 e. The molecule has 1 heterocycles. The molecule has 1 aromatic carbocycles. The van der Waals surface area contributed by atoms with E-state index in [4.69, 9.17) is 4.74 Å². The van der Waals surface area contributed by atoms with Crippen LogP contribution in [0.2, 0.25) is 0 Å². The highest BCUT2D eigenvalue weighted by atomic mass is 16.5. The number of rotatable bonds is 12. The van der Waals surface area contributed by atoms with E-state index in [9.17, 15) is 0 Å². The summed E-state index contributed by atoms with van der Waals surface area (Å²) in [5.41, 5.74) is 3.47. The van der Waals surface area contributed by atoms with Crippen molar-refractivity contribution in [3.63, 3.8) is 0 Å². The maximum absolute atomic E-state index is 5.60. The largest absolute Gasteiger partial charge is 0.477 e. The molecule has 0 N–H and O–H groups in total. The Hall–Kier alpha value is -1.90. The summed E-state index contributed by atoms with van der Waals surface area (Å²) >= 11 is 0. The molecule has 1 aliphatic rings. The molecule has 0 atom stereocenters. The lowest BCUT2D eigenvalue weighted by molar-refractivity contribution is 0.249. The van der Waals surface area contributed by atoms with E-state index in [1.807, 2.05) is 12.1 Å². The molecule has 2 aromatic rings. The van der Waals surface area contributed by atoms with E-state index < -0.39 is 0 Å². The number of benzene rings is 1. The van der Waals surface area contributed by atoms with Crippen LogP contribution in [0.25, 0.3) is 11.3 Å². The molecular weight excluding hydrogens is 368 g/mol. The van der Waals surface area contributed by atoms with Gasteiger partial charge in [0.25, 0.3) is 0 Å². The molecule has 0 saturated heterocycles. The molecule has 0 aliphatic heterocycles. The molecule has 3 rings (SSSR count). The molecule has 3 nitrogen and oxygen atoms in total. The zero-order valence-corrected chi connectivity index (χ0v) is 19.1. The highest BCUT2D eigenvalue weighted by Gasteiger charge is 2.20. The van der Waals surface area contributed by atoms with Crippen molar-refractivity contribution in [2.45, 2.75) is 90.9 Å². The molecule has 30 heavy (non-hydrogen) atoms. The molecule has 0 unspecified atom stereocenters. The van der Waals surface area contributed by atoms with Gasteiger partial charge in [-0.15, -0.1) is 10.2 Å². The third-order valence-corrected chi connectivity index (χ3v) is 6.66. The lowest BCUT2D eigenvalue weighted by Crippen LogP contribution is -2.15. The van der Waals surface area contributed by atoms with Gasteiger partial charge in [-0.25, -0.2) is 0 Å². The zero-order valence-electron chi connectivity index (χ0n) is 19.1. The van der Waals surface area contributed by atoms with Crippen LogP contribution in [-0.4, -0.2) is 16.8 Å². The molecule has 3 heteroatoms. The number of hydrogen-bond acceptors (Lipinski definition) is 3. The van der Waals surface area contributed by atoms with Gasteiger partial charge < -0.3 is 4.74 Å². The summed E-state index contributed by atoms with van der Waals surface area (Å²) in [5, 5.41) is 8.54. The predicted molar refractivity (Wildman–Crippen MR) is 126 cm³/mol. The van der Waals surface area contributed by atoms with Crippen molar-refractivity contribution in [1.29, 1.82) is 0 Å². The Kier molecular flexibility index (Phi) is 9.66. The van der Waals surface area contributed by atoms with Crippen LogP contribution in [0.3, 0.4) is 0 Å². The normalized spacial score (nSPS) is 19.0. The van der Waals surface area contributed by atoms with Gasteiger partial charge in [-0.1, -0.05) is 95.9 Å². The van der Waals surface area contributed by atoms with E-state index in [-0.39, 0.29) is 0 Å². The minimum Gasteiger partial charge on any atom is -0.477 e. The fourth-order valence-electron chi connectivity index (χ4n) is 4.58. The van der Waals surface area contributed by atoms with Crippen molar-refractivity contribution in [1.82, 2.24) is 10.2 Å². The third kappa shape index (κ3) is 7.41. The summed E-state index contributed by atoms with van der Waals surface area (Å²) in [7, 11) is 0. The summed E-state index contributed by atoms with van der Waals surface area (Å²) in [4.78, 5) is 0. The maximum Gasteiger partial charge on any atom is 0.233 e. The van der Waals surface area contributed by atoms with Gasteiger partial charge in [-0.05, 0) is 42.7 Å². The summed E-state index contributed by atoms with van der Waals surface area (Å²) in [6, 6.07) is 12.8. The Morgan fingerprint density at radius 3 is 2.10 bits per heavy atom. The highest BCUT2D eigenvalue weighted by molar-refractivity contribution is 5.59. The van der Waals surface area contributed by atoms with Crippen molar-refractivity contribution in [2.75, 3.05) is 6.61 Å². The van der Waals surface area contributed by atoms with Gasteiger partial charge in [0, 0.05) is 11.6 Å². The topological polar surface area (TPSA) is 35.0 Å². The van der Waals surface area contributed by atoms with Crippen LogP contribution < -0.4 is 4.74 Å². The van der Waals surface area contributed by atoms with E-state index in [0.29, 0.717) is 12.5 Å². The number of nitrogens with zero attached hydrogens (tertiary/aromatic N) is 2. The molecule has 0 radical (unpaired) electrons. The minimum absolute atomic E-state index is 0.615. The quantitative estimate of drug-likeness (QED) is 0.338. The Balaban J connectivity index is 1.41. The van der Waals surface area contributed by atoms with Crippen molar-refractivity contribution < 1.29 is 4.74 Å². The molecule has 1 fully saturated rings.